The summed E-state index contributed by atoms with van der Waals surface area (Å²) in [4.78, 5) is 17.9. The van der Waals surface area contributed by atoms with Crippen LogP contribution in [-0.4, -0.2) is 17.1 Å². The predicted octanol–water partition coefficient (Wildman–Crippen LogP) is 7.40. The minimum absolute atomic E-state index is 0.294. The highest BCUT2D eigenvalue weighted by molar-refractivity contribution is 6.07. The Balaban J connectivity index is 1.12. The van der Waals surface area contributed by atoms with Crippen LogP contribution >= 0.6 is 0 Å². The predicted molar refractivity (Wildman–Crippen MR) is 157 cm³/mol. The molecule has 188 valence electrons. The van der Waals surface area contributed by atoms with Gasteiger partial charge in [-0.1, -0.05) is 84.9 Å². The first kappa shape index (κ1) is 24.1. The molecule has 0 atom stereocenters. The van der Waals surface area contributed by atoms with Crippen molar-refractivity contribution in [3.63, 3.8) is 0 Å². The number of amides is 1. The van der Waals surface area contributed by atoms with Crippen molar-refractivity contribution in [2.24, 2.45) is 5.10 Å². The molecule has 0 saturated heterocycles. The van der Waals surface area contributed by atoms with Gasteiger partial charge < -0.3 is 4.74 Å². The lowest BCUT2D eigenvalue weighted by Gasteiger charge is -2.09. The number of ether oxygens (including phenoxy) is 1. The van der Waals surface area contributed by atoms with Crippen LogP contribution < -0.4 is 10.2 Å². The molecule has 0 aliphatic rings. The third kappa shape index (κ3) is 5.53. The van der Waals surface area contributed by atoms with Gasteiger partial charge in [0.1, 0.15) is 12.4 Å². The molecular formula is C34H25N3O2. The summed E-state index contributed by atoms with van der Waals surface area (Å²) < 4.78 is 5.96. The quantitative estimate of drug-likeness (QED) is 0.181. The smallest absolute Gasteiger partial charge is 0.272 e. The molecule has 1 aromatic heterocycles. The second-order valence-corrected chi connectivity index (χ2v) is 9.18. The van der Waals surface area contributed by atoms with Crippen LogP contribution in [0.1, 0.15) is 21.5 Å². The first-order valence-corrected chi connectivity index (χ1v) is 12.7. The van der Waals surface area contributed by atoms with Gasteiger partial charge in [-0.25, -0.2) is 10.4 Å². The van der Waals surface area contributed by atoms with Crippen molar-refractivity contribution in [2.45, 2.75) is 6.61 Å². The standard InChI is InChI=1S/C34H25N3O2/c38-34(31-21-33(27-9-2-1-3-10-27)36-32-13-7-6-12-30(31)32)37-35-22-24-15-18-29(19-16-24)39-23-25-14-17-26-8-4-5-11-28(26)20-25/h1-22H,23H2,(H,37,38)/b35-22+. The SMILES string of the molecule is O=C(N/N=C/c1ccc(OCc2ccc3ccccc3c2)cc1)c1cc(-c2ccccc2)nc2ccccc12. The van der Waals surface area contributed by atoms with E-state index in [1.807, 2.05) is 97.1 Å². The monoisotopic (exact) mass is 507 g/mol. The Bertz CT molecular complexity index is 1800. The molecule has 0 bridgehead atoms. The van der Waals surface area contributed by atoms with Gasteiger partial charge in [-0.15, -0.1) is 0 Å². The number of benzene rings is 5. The van der Waals surface area contributed by atoms with Crippen LogP contribution in [0.15, 0.2) is 132 Å². The molecule has 1 amide bonds. The summed E-state index contributed by atoms with van der Waals surface area (Å²) in [6.45, 7) is 0.485. The molecule has 0 spiro atoms. The highest BCUT2D eigenvalue weighted by Gasteiger charge is 2.13. The Labute approximate surface area is 226 Å². The second-order valence-electron chi connectivity index (χ2n) is 9.18. The van der Waals surface area contributed by atoms with Gasteiger partial charge in [-0.05, 0) is 64.4 Å². The number of carbonyl (C=O) groups is 1. The zero-order valence-corrected chi connectivity index (χ0v) is 21.1. The van der Waals surface area contributed by atoms with E-state index in [4.69, 9.17) is 9.72 Å². The summed E-state index contributed by atoms with van der Waals surface area (Å²) in [5.41, 5.74) is 7.59. The fourth-order valence-electron chi connectivity index (χ4n) is 4.49. The summed E-state index contributed by atoms with van der Waals surface area (Å²) >= 11 is 0. The van der Waals surface area contributed by atoms with E-state index in [0.717, 1.165) is 39.0 Å². The molecule has 0 fully saturated rings. The van der Waals surface area contributed by atoms with Gasteiger partial charge in [0, 0.05) is 10.9 Å². The lowest BCUT2D eigenvalue weighted by atomic mass is 10.0. The third-order valence-corrected chi connectivity index (χ3v) is 6.51. The number of aromatic nitrogens is 1. The number of para-hydroxylation sites is 1. The summed E-state index contributed by atoms with van der Waals surface area (Å²) in [7, 11) is 0. The van der Waals surface area contributed by atoms with E-state index in [1.165, 1.54) is 10.8 Å². The van der Waals surface area contributed by atoms with E-state index in [9.17, 15) is 4.79 Å². The number of nitrogens with zero attached hydrogens (tertiary/aromatic N) is 2. The Hall–Kier alpha value is -5.29. The number of nitrogens with one attached hydrogen (secondary N) is 1. The summed E-state index contributed by atoms with van der Waals surface area (Å²) in [5.74, 6) is 0.471. The zero-order valence-electron chi connectivity index (χ0n) is 21.1. The molecule has 1 heterocycles. The molecule has 0 radical (unpaired) electrons. The van der Waals surface area contributed by atoms with Crippen LogP contribution in [0.3, 0.4) is 0 Å². The van der Waals surface area contributed by atoms with Gasteiger partial charge in [-0.3, -0.25) is 4.79 Å². The largest absolute Gasteiger partial charge is 0.489 e. The van der Waals surface area contributed by atoms with Crippen LogP contribution in [0, 0.1) is 0 Å². The van der Waals surface area contributed by atoms with Gasteiger partial charge in [-0.2, -0.15) is 5.10 Å². The molecule has 0 unspecified atom stereocenters. The number of fused-ring (bicyclic) bond motifs is 2. The second kappa shape index (κ2) is 11.0. The average molecular weight is 508 g/mol. The summed E-state index contributed by atoms with van der Waals surface area (Å²) in [6, 6.07) is 41.5. The van der Waals surface area contributed by atoms with Gasteiger partial charge in [0.2, 0.25) is 0 Å². The van der Waals surface area contributed by atoms with E-state index in [2.05, 4.69) is 40.9 Å². The van der Waals surface area contributed by atoms with Crippen molar-refractivity contribution >= 4 is 33.8 Å². The fraction of sp³-hybridized carbons (Fsp3) is 0.0294. The third-order valence-electron chi connectivity index (χ3n) is 6.51. The average Bonchev–Trinajstić information content (AvgIpc) is 3.00. The lowest BCUT2D eigenvalue weighted by molar-refractivity contribution is 0.0956. The van der Waals surface area contributed by atoms with Gasteiger partial charge >= 0.3 is 0 Å². The van der Waals surface area contributed by atoms with Crippen molar-refractivity contribution < 1.29 is 9.53 Å². The van der Waals surface area contributed by atoms with E-state index in [-0.39, 0.29) is 5.91 Å². The van der Waals surface area contributed by atoms with Crippen molar-refractivity contribution in [1.82, 2.24) is 10.4 Å². The van der Waals surface area contributed by atoms with E-state index in [1.54, 1.807) is 6.21 Å². The zero-order chi connectivity index (χ0) is 26.4. The van der Waals surface area contributed by atoms with E-state index < -0.39 is 0 Å². The normalized spacial score (nSPS) is 11.2. The van der Waals surface area contributed by atoms with Crippen LogP contribution in [0.5, 0.6) is 5.75 Å². The van der Waals surface area contributed by atoms with Crippen molar-refractivity contribution in [2.75, 3.05) is 0 Å². The molecule has 5 nitrogen and oxygen atoms in total. The van der Waals surface area contributed by atoms with Crippen LogP contribution in [0.25, 0.3) is 32.9 Å². The lowest BCUT2D eigenvalue weighted by Crippen LogP contribution is -2.18. The van der Waals surface area contributed by atoms with Gasteiger partial charge in [0.15, 0.2) is 0 Å². The molecule has 0 aliphatic heterocycles. The molecule has 0 saturated carbocycles. The highest BCUT2D eigenvalue weighted by atomic mass is 16.5. The molecule has 39 heavy (non-hydrogen) atoms. The molecular weight excluding hydrogens is 482 g/mol. The Morgan fingerprint density at radius 1 is 0.769 bits per heavy atom. The van der Waals surface area contributed by atoms with Crippen LogP contribution in [-0.2, 0) is 6.61 Å². The number of hydrazone groups is 1. The van der Waals surface area contributed by atoms with Crippen molar-refractivity contribution in [3.8, 4) is 17.0 Å². The number of hydrogen-bond donors (Lipinski definition) is 1. The highest BCUT2D eigenvalue weighted by Crippen LogP contribution is 2.25. The van der Waals surface area contributed by atoms with Crippen molar-refractivity contribution in [3.05, 3.63) is 144 Å². The molecule has 1 N–H and O–H groups in total. The maximum Gasteiger partial charge on any atom is 0.272 e. The van der Waals surface area contributed by atoms with E-state index in [0.29, 0.717) is 12.2 Å². The van der Waals surface area contributed by atoms with Gasteiger partial charge in [0.05, 0.1) is 23.0 Å². The topological polar surface area (TPSA) is 63.6 Å². The molecule has 5 aromatic carbocycles. The molecule has 0 aliphatic carbocycles. The first-order valence-electron chi connectivity index (χ1n) is 12.7. The minimum Gasteiger partial charge on any atom is -0.489 e. The number of pyridine rings is 1. The first-order chi connectivity index (χ1) is 19.2. The maximum atomic E-state index is 13.1. The molecule has 6 aromatic rings. The van der Waals surface area contributed by atoms with Gasteiger partial charge in [0.25, 0.3) is 5.91 Å². The fourth-order valence-corrected chi connectivity index (χ4v) is 4.49. The number of carbonyl (C=O) groups excluding carboxylic acids is 1. The molecule has 5 heteroatoms. The number of hydrogen-bond acceptors (Lipinski definition) is 4. The minimum atomic E-state index is -0.294. The van der Waals surface area contributed by atoms with Crippen molar-refractivity contribution in [1.29, 1.82) is 0 Å². The van der Waals surface area contributed by atoms with E-state index >= 15 is 0 Å². The molecule has 6 rings (SSSR count). The Kier molecular flexibility index (Phi) is 6.78. The summed E-state index contributed by atoms with van der Waals surface area (Å²) in [5, 5.41) is 7.38. The summed E-state index contributed by atoms with van der Waals surface area (Å²) in [6.07, 6.45) is 1.62. The number of rotatable bonds is 7. The maximum absolute atomic E-state index is 13.1. The Morgan fingerprint density at radius 3 is 2.36 bits per heavy atom. The Morgan fingerprint density at radius 2 is 1.51 bits per heavy atom. The van der Waals surface area contributed by atoms with Crippen LogP contribution in [0.4, 0.5) is 0 Å². The van der Waals surface area contributed by atoms with Crippen LogP contribution in [0.2, 0.25) is 0 Å².